The minimum absolute atomic E-state index is 0.120. The topological polar surface area (TPSA) is 47.3 Å². The van der Waals surface area contributed by atoms with Gasteiger partial charge in [-0.25, -0.2) is 4.68 Å². The zero-order valence-electron chi connectivity index (χ0n) is 9.76. The summed E-state index contributed by atoms with van der Waals surface area (Å²) in [5.41, 5.74) is -0.216. The second-order valence-electron chi connectivity index (χ2n) is 3.74. The largest absolute Gasteiger partial charge is 0.488 e. The summed E-state index contributed by atoms with van der Waals surface area (Å²) in [7, 11) is 0. The molecule has 0 amide bonds. The molecule has 0 bridgehead atoms. The van der Waals surface area contributed by atoms with Crippen LogP contribution < -0.4 is 4.74 Å². The molecule has 0 saturated carbocycles. The number of aromatic nitrogens is 2. The maximum absolute atomic E-state index is 12.4. The lowest BCUT2D eigenvalue weighted by Gasteiger charge is -2.07. The van der Waals surface area contributed by atoms with E-state index in [0.29, 0.717) is 11.4 Å². The Bertz CT molecular complexity index is 535. The molecule has 0 radical (unpaired) electrons. The van der Waals surface area contributed by atoms with Crippen molar-refractivity contribution in [1.29, 1.82) is 0 Å². The third-order valence-electron chi connectivity index (χ3n) is 2.38. The van der Waals surface area contributed by atoms with Crippen molar-refractivity contribution in [2.45, 2.75) is 6.18 Å². The Balaban J connectivity index is 2.16. The summed E-state index contributed by atoms with van der Waals surface area (Å²) in [5, 5.41) is 12.6. The third kappa shape index (κ3) is 3.25. The molecule has 0 saturated heterocycles. The van der Waals surface area contributed by atoms with Crippen LogP contribution in [0.25, 0.3) is 5.69 Å². The van der Waals surface area contributed by atoms with Crippen molar-refractivity contribution in [1.82, 2.24) is 9.78 Å². The summed E-state index contributed by atoms with van der Waals surface area (Å²) < 4.78 is 43.7. The Hall–Kier alpha value is -2.02. The van der Waals surface area contributed by atoms with Crippen LogP contribution in [0.3, 0.4) is 0 Å². The Kier molecular flexibility index (Phi) is 3.75. The van der Waals surface area contributed by atoms with E-state index in [1.807, 2.05) is 0 Å². The maximum atomic E-state index is 12.4. The van der Waals surface area contributed by atoms with Gasteiger partial charge in [-0.3, -0.25) is 0 Å². The summed E-state index contributed by atoms with van der Waals surface area (Å²) in [4.78, 5) is 0. The van der Waals surface area contributed by atoms with Gasteiger partial charge < -0.3 is 9.84 Å². The zero-order valence-corrected chi connectivity index (χ0v) is 9.76. The van der Waals surface area contributed by atoms with Crippen molar-refractivity contribution in [3.8, 4) is 11.4 Å². The molecule has 0 aliphatic carbocycles. The highest BCUT2D eigenvalue weighted by Gasteiger charge is 2.29. The Morgan fingerprint density at radius 2 is 1.89 bits per heavy atom. The van der Waals surface area contributed by atoms with Crippen molar-refractivity contribution in [3.63, 3.8) is 0 Å². The molecule has 0 atom stereocenters. The number of hydrogen-bond acceptors (Lipinski definition) is 3. The molecule has 102 valence electrons. The van der Waals surface area contributed by atoms with Gasteiger partial charge in [-0.1, -0.05) is 0 Å². The van der Waals surface area contributed by atoms with Crippen LogP contribution >= 0.6 is 0 Å². The van der Waals surface area contributed by atoms with Crippen molar-refractivity contribution < 1.29 is 23.0 Å². The van der Waals surface area contributed by atoms with Crippen LogP contribution in [-0.4, -0.2) is 28.1 Å². The number of nitrogens with zero attached hydrogens (tertiary/aromatic N) is 2. The molecule has 0 unspecified atom stereocenters. The number of aliphatic hydroxyl groups excluding tert-OH is 1. The SMILES string of the molecule is OCCOc1cnn(-c2ccc(C(F)(F)F)cc2)c1. The minimum Gasteiger partial charge on any atom is -0.488 e. The fraction of sp³-hybridized carbons (Fsp3) is 0.250. The summed E-state index contributed by atoms with van der Waals surface area (Å²) in [6.45, 7) is 0.0180. The highest BCUT2D eigenvalue weighted by Crippen LogP contribution is 2.29. The summed E-state index contributed by atoms with van der Waals surface area (Å²) in [6.07, 6.45) is -1.40. The van der Waals surface area contributed by atoms with Crippen molar-refractivity contribution >= 4 is 0 Å². The number of hydrogen-bond donors (Lipinski definition) is 1. The van der Waals surface area contributed by atoms with Gasteiger partial charge in [-0.05, 0) is 24.3 Å². The first-order chi connectivity index (χ1) is 9.00. The lowest BCUT2D eigenvalue weighted by molar-refractivity contribution is -0.137. The van der Waals surface area contributed by atoms with Crippen LogP contribution in [0, 0.1) is 0 Å². The molecule has 2 aromatic rings. The van der Waals surface area contributed by atoms with Crippen LogP contribution in [0.4, 0.5) is 13.2 Å². The highest BCUT2D eigenvalue weighted by molar-refractivity contribution is 5.36. The summed E-state index contributed by atoms with van der Waals surface area (Å²) in [5.74, 6) is 0.439. The van der Waals surface area contributed by atoms with Gasteiger partial charge in [0.25, 0.3) is 0 Å². The monoisotopic (exact) mass is 272 g/mol. The smallest absolute Gasteiger partial charge is 0.416 e. The standard InChI is InChI=1S/C12H11F3N2O2/c13-12(14,15)9-1-3-10(4-2-9)17-8-11(7-16-17)19-6-5-18/h1-4,7-8,18H,5-6H2. The molecule has 1 aromatic heterocycles. The maximum Gasteiger partial charge on any atom is 0.416 e. The second-order valence-corrected chi connectivity index (χ2v) is 3.74. The van der Waals surface area contributed by atoms with Gasteiger partial charge in [0.2, 0.25) is 0 Å². The van der Waals surface area contributed by atoms with Crippen molar-refractivity contribution in [2.75, 3.05) is 13.2 Å². The van der Waals surface area contributed by atoms with Crippen LogP contribution in [0.15, 0.2) is 36.7 Å². The Morgan fingerprint density at radius 3 is 2.47 bits per heavy atom. The number of aliphatic hydroxyl groups is 1. The molecular formula is C12H11F3N2O2. The summed E-state index contributed by atoms with van der Waals surface area (Å²) >= 11 is 0. The number of benzene rings is 1. The molecule has 7 heteroatoms. The van der Waals surface area contributed by atoms with Gasteiger partial charge in [0.05, 0.1) is 30.3 Å². The molecular weight excluding hydrogens is 261 g/mol. The molecule has 19 heavy (non-hydrogen) atoms. The average Bonchev–Trinajstić information content (AvgIpc) is 2.84. The van der Waals surface area contributed by atoms with E-state index < -0.39 is 11.7 Å². The van der Waals surface area contributed by atoms with E-state index in [0.717, 1.165) is 12.1 Å². The normalized spacial score (nSPS) is 11.6. The van der Waals surface area contributed by atoms with Gasteiger partial charge >= 0.3 is 6.18 Å². The van der Waals surface area contributed by atoms with Crippen LogP contribution in [0.5, 0.6) is 5.75 Å². The van der Waals surface area contributed by atoms with E-state index in [1.54, 1.807) is 0 Å². The van der Waals surface area contributed by atoms with Crippen LogP contribution in [-0.2, 0) is 6.18 Å². The van der Waals surface area contributed by atoms with E-state index in [4.69, 9.17) is 9.84 Å². The van der Waals surface area contributed by atoms with E-state index in [9.17, 15) is 13.2 Å². The van der Waals surface area contributed by atoms with Gasteiger partial charge in [0, 0.05) is 0 Å². The van der Waals surface area contributed by atoms with Crippen LogP contribution in [0.1, 0.15) is 5.56 Å². The number of alkyl halides is 3. The first-order valence-electron chi connectivity index (χ1n) is 5.46. The molecule has 0 aliphatic rings. The Morgan fingerprint density at radius 1 is 1.21 bits per heavy atom. The molecule has 0 spiro atoms. The van der Waals surface area contributed by atoms with Gasteiger partial charge in [-0.15, -0.1) is 0 Å². The van der Waals surface area contributed by atoms with Crippen molar-refractivity contribution in [2.24, 2.45) is 0 Å². The van der Waals surface area contributed by atoms with E-state index in [-0.39, 0.29) is 13.2 Å². The van der Waals surface area contributed by atoms with Gasteiger partial charge in [-0.2, -0.15) is 18.3 Å². The number of halogens is 3. The van der Waals surface area contributed by atoms with Crippen LogP contribution in [0.2, 0.25) is 0 Å². The van der Waals surface area contributed by atoms with Gasteiger partial charge in [0.15, 0.2) is 5.75 Å². The predicted octanol–water partition coefficient (Wildman–Crippen LogP) is 2.26. The molecule has 2 rings (SSSR count). The first kappa shape index (κ1) is 13.4. The molecule has 4 nitrogen and oxygen atoms in total. The number of rotatable bonds is 4. The number of ether oxygens (including phenoxy) is 1. The molecule has 1 N–H and O–H groups in total. The first-order valence-corrected chi connectivity index (χ1v) is 5.46. The van der Waals surface area contributed by atoms with E-state index >= 15 is 0 Å². The quantitative estimate of drug-likeness (QED) is 0.928. The molecule has 0 aliphatic heterocycles. The lowest BCUT2D eigenvalue weighted by Crippen LogP contribution is -2.05. The second kappa shape index (κ2) is 5.31. The van der Waals surface area contributed by atoms with E-state index in [1.165, 1.54) is 29.2 Å². The van der Waals surface area contributed by atoms with Gasteiger partial charge in [0.1, 0.15) is 6.61 Å². The predicted molar refractivity (Wildman–Crippen MR) is 61.1 cm³/mol. The Labute approximate surface area is 107 Å². The fourth-order valence-electron chi connectivity index (χ4n) is 1.49. The average molecular weight is 272 g/mol. The third-order valence-corrected chi connectivity index (χ3v) is 2.38. The summed E-state index contributed by atoms with van der Waals surface area (Å²) in [6, 6.07) is 4.63. The van der Waals surface area contributed by atoms with E-state index in [2.05, 4.69) is 5.10 Å². The molecule has 1 aromatic carbocycles. The van der Waals surface area contributed by atoms with Crippen molar-refractivity contribution in [3.05, 3.63) is 42.2 Å². The minimum atomic E-state index is -4.35. The molecule has 0 fully saturated rings. The zero-order chi connectivity index (χ0) is 13.9. The highest BCUT2D eigenvalue weighted by atomic mass is 19.4. The molecule has 1 heterocycles. The lowest BCUT2D eigenvalue weighted by atomic mass is 10.2. The fourth-order valence-corrected chi connectivity index (χ4v) is 1.49.